The smallest absolute Gasteiger partial charge is 0.251 e. The molecular weight excluding hydrogens is 519 g/mol. The average Bonchev–Trinajstić information content (AvgIpc) is 3.33. The SMILES string of the molecule is CC.CC.CCn1c2ccccc2c2cc(C(=O)NCCSCCNSc3cccc4ccccc34)ccc21. The summed E-state index contributed by atoms with van der Waals surface area (Å²) >= 11 is 3.53. The van der Waals surface area contributed by atoms with E-state index in [1.165, 1.54) is 32.1 Å². The molecule has 1 amide bonds. The third kappa shape index (κ3) is 7.59. The molecule has 4 aromatic carbocycles. The molecule has 39 heavy (non-hydrogen) atoms. The van der Waals surface area contributed by atoms with Gasteiger partial charge < -0.3 is 9.88 Å². The summed E-state index contributed by atoms with van der Waals surface area (Å²) in [7, 11) is 0. The fourth-order valence-corrected chi connectivity index (χ4v) is 6.13. The third-order valence-corrected chi connectivity index (χ3v) is 8.07. The van der Waals surface area contributed by atoms with E-state index >= 15 is 0 Å². The first-order valence-corrected chi connectivity index (χ1v) is 16.0. The lowest BCUT2D eigenvalue weighted by molar-refractivity contribution is 0.0956. The lowest BCUT2D eigenvalue weighted by Crippen LogP contribution is -2.26. The van der Waals surface area contributed by atoms with Gasteiger partial charge in [-0.05, 0) is 60.0 Å². The van der Waals surface area contributed by atoms with Gasteiger partial charge in [0.2, 0.25) is 0 Å². The summed E-state index contributed by atoms with van der Waals surface area (Å²) in [5.41, 5.74) is 3.11. The predicted molar refractivity (Wildman–Crippen MR) is 175 cm³/mol. The second kappa shape index (κ2) is 16.2. The minimum absolute atomic E-state index is 0.00883. The van der Waals surface area contributed by atoms with Crippen LogP contribution in [0.3, 0.4) is 0 Å². The molecule has 0 aliphatic carbocycles. The van der Waals surface area contributed by atoms with Gasteiger partial charge in [-0.25, -0.2) is 0 Å². The Morgan fingerprint density at radius 1 is 0.744 bits per heavy atom. The van der Waals surface area contributed by atoms with E-state index < -0.39 is 0 Å². The number of rotatable bonds is 10. The number of nitrogens with zero attached hydrogens (tertiary/aromatic N) is 1. The maximum Gasteiger partial charge on any atom is 0.251 e. The molecule has 1 aromatic heterocycles. The van der Waals surface area contributed by atoms with Crippen molar-refractivity contribution in [2.75, 3.05) is 24.6 Å². The van der Waals surface area contributed by atoms with Crippen LogP contribution in [0.5, 0.6) is 0 Å². The van der Waals surface area contributed by atoms with E-state index in [2.05, 4.69) is 94.3 Å². The van der Waals surface area contributed by atoms with Crippen molar-refractivity contribution >= 4 is 62.2 Å². The van der Waals surface area contributed by atoms with Crippen LogP contribution in [0.1, 0.15) is 45.0 Å². The number of hydrogen-bond donors (Lipinski definition) is 2. The van der Waals surface area contributed by atoms with Gasteiger partial charge in [0.15, 0.2) is 0 Å². The van der Waals surface area contributed by atoms with E-state index in [1.54, 1.807) is 11.9 Å². The second-order valence-electron chi connectivity index (χ2n) is 8.34. The highest BCUT2D eigenvalue weighted by atomic mass is 32.2. The van der Waals surface area contributed by atoms with Crippen molar-refractivity contribution in [1.82, 2.24) is 14.6 Å². The Morgan fingerprint density at radius 2 is 1.41 bits per heavy atom. The first-order chi connectivity index (χ1) is 19.3. The molecule has 1 heterocycles. The van der Waals surface area contributed by atoms with Crippen LogP contribution < -0.4 is 10.0 Å². The summed E-state index contributed by atoms with van der Waals surface area (Å²) in [6.45, 7) is 12.6. The Bertz CT molecular complexity index is 1470. The quantitative estimate of drug-likeness (QED) is 0.133. The standard InChI is InChI=1S/C29H29N3OS2.2C2H6/c1-2-32-26-12-6-5-11-24(26)25-20-22(14-15-27(25)32)29(33)30-16-18-34-19-17-31-35-28-13-7-9-21-8-3-4-10-23(21)28;2*1-2/h3-15,20,31H,2,16-19H2,1H3,(H,30,33);2*1-2H3. The van der Waals surface area contributed by atoms with Gasteiger partial charge in [-0.2, -0.15) is 11.8 Å². The number of amides is 1. The maximum atomic E-state index is 12.8. The zero-order valence-corrected chi connectivity index (χ0v) is 25.4. The lowest BCUT2D eigenvalue weighted by Gasteiger charge is -2.08. The van der Waals surface area contributed by atoms with Gasteiger partial charge in [0, 0.05) is 63.4 Å². The fourth-order valence-electron chi connectivity index (χ4n) is 4.50. The molecule has 0 saturated heterocycles. The molecule has 6 heteroatoms. The molecule has 206 valence electrons. The summed E-state index contributed by atoms with van der Waals surface area (Å²) in [5, 5.41) is 7.95. The van der Waals surface area contributed by atoms with Crippen molar-refractivity contribution in [1.29, 1.82) is 0 Å². The van der Waals surface area contributed by atoms with Crippen LogP contribution in [-0.2, 0) is 6.54 Å². The molecule has 2 N–H and O–H groups in total. The molecule has 0 unspecified atom stereocenters. The molecular formula is C33H41N3OS2. The summed E-state index contributed by atoms with van der Waals surface area (Å²) in [5.74, 6) is 1.88. The zero-order chi connectivity index (χ0) is 28.0. The Kier molecular flexibility index (Phi) is 12.7. The molecule has 5 rings (SSSR count). The predicted octanol–water partition coefficient (Wildman–Crippen LogP) is 8.78. The molecule has 0 fully saturated rings. The van der Waals surface area contributed by atoms with Gasteiger partial charge in [-0.3, -0.25) is 9.52 Å². The van der Waals surface area contributed by atoms with Crippen LogP contribution >= 0.6 is 23.7 Å². The number of nitrogens with one attached hydrogen (secondary N) is 2. The number of aryl methyl sites for hydroxylation is 1. The van der Waals surface area contributed by atoms with Crippen molar-refractivity contribution in [2.24, 2.45) is 0 Å². The van der Waals surface area contributed by atoms with Crippen molar-refractivity contribution < 1.29 is 4.79 Å². The van der Waals surface area contributed by atoms with E-state index in [0.29, 0.717) is 6.54 Å². The molecule has 0 aliphatic heterocycles. The summed E-state index contributed by atoms with van der Waals surface area (Å²) < 4.78 is 5.77. The summed E-state index contributed by atoms with van der Waals surface area (Å²) in [6, 6.07) is 29.3. The Labute approximate surface area is 242 Å². The number of para-hydroxylation sites is 1. The van der Waals surface area contributed by atoms with Crippen LogP contribution in [0.25, 0.3) is 32.6 Å². The molecule has 0 atom stereocenters. The fraction of sp³-hybridized carbons (Fsp3) is 0.303. The van der Waals surface area contributed by atoms with Crippen LogP contribution in [0.2, 0.25) is 0 Å². The Hall–Kier alpha value is -2.93. The van der Waals surface area contributed by atoms with Crippen molar-refractivity contribution in [3.8, 4) is 0 Å². The van der Waals surface area contributed by atoms with Gasteiger partial charge >= 0.3 is 0 Å². The number of aromatic nitrogens is 1. The van der Waals surface area contributed by atoms with Crippen LogP contribution in [0.15, 0.2) is 89.8 Å². The normalized spacial score (nSPS) is 10.6. The second-order valence-corrected chi connectivity index (χ2v) is 10.5. The molecule has 0 radical (unpaired) electrons. The minimum atomic E-state index is -0.00883. The highest BCUT2D eigenvalue weighted by Crippen LogP contribution is 2.30. The average molecular weight is 560 g/mol. The molecule has 0 bridgehead atoms. The van der Waals surface area contributed by atoms with Gasteiger partial charge in [-0.15, -0.1) is 0 Å². The van der Waals surface area contributed by atoms with E-state index in [9.17, 15) is 4.79 Å². The highest BCUT2D eigenvalue weighted by molar-refractivity contribution is 7.99. The number of carbonyl (C=O) groups is 1. The van der Waals surface area contributed by atoms with Crippen LogP contribution in [-0.4, -0.2) is 35.1 Å². The third-order valence-electron chi connectivity index (χ3n) is 6.16. The Morgan fingerprint density at radius 3 is 2.21 bits per heavy atom. The van der Waals surface area contributed by atoms with E-state index in [-0.39, 0.29) is 5.91 Å². The molecule has 5 aromatic rings. The van der Waals surface area contributed by atoms with Crippen LogP contribution in [0.4, 0.5) is 0 Å². The van der Waals surface area contributed by atoms with Crippen LogP contribution in [0, 0.1) is 0 Å². The largest absolute Gasteiger partial charge is 0.351 e. The van der Waals surface area contributed by atoms with Crippen molar-refractivity contribution in [2.45, 2.75) is 46.1 Å². The van der Waals surface area contributed by atoms with Gasteiger partial charge in [0.25, 0.3) is 5.91 Å². The monoisotopic (exact) mass is 559 g/mol. The summed E-state index contributed by atoms with van der Waals surface area (Å²) in [4.78, 5) is 14.0. The molecule has 0 saturated carbocycles. The number of hydrogen-bond acceptors (Lipinski definition) is 4. The van der Waals surface area contributed by atoms with E-state index in [0.717, 1.165) is 35.5 Å². The maximum absolute atomic E-state index is 12.8. The van der Waals surface area contributed by atoms with E-state index in [4.69, 9.17) is 0 Å². The lowest BCUT2D eigenvalue weighted by atomic mass is 10.1. The first-order valence-electron chi connectivity index (χ1n) is 14.0. The molecule has 4 nitrogen and oxygen atoms in total. The minimum Gasteiger partial charge on any atom is -0.351 e. The molecule has 0 spiro atoms. The number of fused-ring (bicyclic) bond motifs is 4. The van der Waals surface area contributed by atoms with Gasteiger partial charge in [0.05, 0.1) is 0 Å². The van der Waals surface area contributed by atoms with E-state index in [1.807, 2.05) is 51.6 Å². The summed E-state index contributed by atoms with van der Waals surface area (Å²) in [6.07, 6.45) is 0. The highest BCUT2D eigenvalue weighted by Gasteiger charge is 2.12. The topological polar surface area (TPSA) is 46.1 Å². The van der Waals surface area contributed by atoms with Crippen molar-refractivity contribution in [3.05, 3.63) is 90.5 Å². The van der Waals surface area contributed by atoms with Gasteiger partial charge in [-0.1, -0.05) is 82.3 Å². The number of thioether (sulfide) groups is 1. The number of carbonyl (C=O) groups excluding carboxylic acids is 1. The van der Waals surface area contributed by atoms with Crippen molar-refractivity contribution in [3.63, 3.8) is 0 Å². The number of benzene rings is 4. The van der Waals surface area contributed by atoms with Gasteiger partial charge in [0.1, 0.15) is 0 Å². The molecule has 0 aliphatic rings. The zero-order valence-electron chi connectivity index (χ0n) is 23.8. The Balaban J connectivity index is 0.00000100. The first kappa shape index (κ1) is 30.6.